The normalized spacial score (nSPS) is 14.6. The van der Waals surface area contributed by atoms with Gasteiger partial charge in [0.25, 0.3) is 0 Å². The third-order valence-electron chi connectivity index (χ3n) is 4.05. The van der Waals surface area contributed by atoms with Crippen molar-refractivity contribution in [2.45, 2.75) is 32.4 Å². The van der Waals surface area contributed by atoms with Crippen LogP contribution in [0.2, 0.25) is 0 Å². The predicted octanol–water partition coefficient (Wildman–Crippen LogP) is 3.13. The largest absolute Gasteiger partial charge is 0.478 e. The van der Waals surface area contributed by atoms with E-state index >= 15 is 0 Å². The summed E-state index contributed by atoms with van der Waals surface area (Å²) < 4.78 is 15.3. The van der Waals surface area contributed by atoms with Crippen molar-refractivity contribution in [3.8, 4) is 0 Å². The molecule has 0 aliphatic heterocycles. The summed E-state index contributed by atoms with van der Waals surface area (Å²) in [6, 6.07) is 3.99. The molecule has 0 radical (unpaired) electrons. The zero-order chi connectivity index (χ0) is 15.5. The maximum absolute atomic E-state index is 13.3. The Morgan fingerprint density at radius 2 is 2.27 bits per heavy atom. The lowest BCUT2D eigenvalue weighted by Gasteiger charge is -2.24. The van der Waals surface area contributed by atoms with Crippen LogP contribution in [0, 0.1) is 11.7 Å². The molecule has 1 heterocycles. The molecule has 1 aromatic carbocycles. The zero-order valence-corrected chi connectivity index (χ0v) is 12.1. The second-order valence-corrected chi connectivity index (χ2v) is 5.72. The summed E-state index contributed by atoms with van der Waals surface area (Å²) in [5.41, 5.74) is 1.26. The molecule has 116 valence electrons. The van der Waals surface area contributed by atoms with Crippen molar-refractivity contribution in [1.29, 1.82) is 0 Å². The van der Waals surface area contributed by atoms with Crippen LogP contribution in [0.1, 0.15) is 35.2 Å². The first-order valence-corrected chi connectivity index (χ1v) is 7.40. The highest BCUT2D eigenvalue weighted by atomic mass is 19.1. The van der Waals surface area contributed by atoms with E-state index in [1.54, 1.807) is 6.20 Å². The van der Waals surface area contributed by atoms with Gasteiger partial charge in [-0.2, -0.15) is 5.10 Å². The highest BCUT2D eigenvalue weighted by Gasteiger charge is 2.18. The average Bonchev–Trinajstić information content (AvgIpc) is 2.89. The van der Waals surface area contributed by atoms with Gasteiger partial charge in [0.1, 0.15) is 5.82 Å². The van der Waals surface area contributed by atoms with E-state index in [-0.39, 0.29) is 5.56 Å². The molecule has 5 nitrogen and oxygen atoms in total. The van der Waals surface area contributed by atoms with Gasteiger partial charge in [-0.1, -0.05) is 6.42 Å². The fraction of sp³-hybridized carbons (Fsp3) is 0.375. The minimum Gasteiger partial charge on any atom is -0.478 e. The number of carboxylic acid groups (broad SMARTS) is 1. The summed E-state index contributed by atoms with van der Waals surface area (Å²) in [6.07, 6.45) is 7.67. The topological polar surface area (TPSA) is 67.2 Å². The lowest BCUT2D eigenvalue weighted by atomic mass is 9.85. The smallest absolute Gasteiger partial charge is 0.338 e. The number of aromatic nitrogens is 2. The van der Waals surface area contributed by atoms with Crippen molar-refractivity contribution in [2.75, 3.05) is 5.32 Å². The van der Waals surface area contributed by atoms with E-state index in [0.29, 0.717) is 12.2 Å². The first kappa shape index (κ1) is 14.6. The van der Waals surface area contributed by atoms with Gasteiger partial charge in [-0.15, -0.1) is 0 Å². The van der Waals surface area contributed by atoms with E-state index in [0.717, 1.165) is 24.1 Å². The van der Waals surface area contributed by atoms with Gasteiger partial charge >= 0.3 is 5.97 Å². The molecule has 2 N–H and O–H groups in total. The fourth-order valence-electron chi connectivity index (χ4n) is 2.54. The monoisotopic (exact) mass is 303 g/mol. The Morgan fingerprint density at radius 1 is 1.45 bits per heavy atom. The molecule has 0 saturated heterocycles. The van der Waals surface area contributed by atoms with Crippen LogP contribution in [0.4, 0.5) is 10.1 Å². The number of carbonyl (C=O) groups is 1. The average molecular weight is 303 g/mol. The minimum absolute atomic E-state index is 0.328. The minimum atomic E-state index is -1.27. The van der Waals surface area contributed by atoms with E-state index in [4.69, 9.17) is 5.11 Å². The molecule has 0 unspecified atom stereocenters. The molecule has 3 rings (SSSR count). The van der Waals surface area contributed by atoms with Crippen molar-refractivity contribution in [2.24, 2.45) is 5.92 Å². The van der Waals surface area contributed by atoms with Crippen LogP contribution in [0.3, 0.4) is 0 Å². The van der Waals surface area contributed by atoms with Crippen LogP contribution in [-0.2, 0) is 13.1 Å². The van der Waals surface area contributed by atoms with Gasteiger partial charge in [0.2, 0.25) is 0 Å². The fourth-order valence-corrected chi connectivity index (χ4v) is 2.54. The van der Waals surface area contributed by atoms with Crippen LogP contribution < -0.4 is 5.32 Å². The number of nitrogens with zero attached hydrogens (tertiary/aromatic N) is 2. The third kappa shape index (κ3) is 3.27. The molecular formula is C16H18FN3O2. The van der Waals surface area contributed by atoms with Crippen molar-refractivity contribution in [3.05, 3.63) is 47.5 Å². The molecule has 1 aliphatic rings. The molecule has 0 amide bonds. The van der Waals surface area contributed by atoms with Crippen LogP contribution in [0.25, 0.3) is 0 Å². The van der Waals surface area contributed by atoms with Gasteiger partial charge < -0.3 is 10.4 Å². The molecule has 1 aromatic heterocycles. The third-order valence-corrected chi connectivity index (χ3v) is 4.05. The van der Waals surface area contributed by atoms with Gasteiger partial charge in [-0.05, 0) is 37.0 Å². The standard InChI is InChI=1S/C16H18FN3O2/c17-15-5-4-13(6-14(15)16(21)22)18-7-12-8-19-20(10-12)9-11-2-1-3-11/h4-6,8,10-11,18H,1-3,7,9H2,(H,21,22). The number of carboxylic acids is 1. The van der Waals surface area contributed by atoms with Crippen LogP contribution in [0.15, 0.2) is 30.6 Å². The maximum Gasteiger partial charge on any atom is 0.338 e. The number of nitrogens with one attached hydrogen (secondary N) is 1. The molecule has 1 saturated carbocycles. The first-order valence-electron chi connectivity index (χ1n) is 7.40. The molecule has 0 bridgehead atoms. The molecule has 22 heavy (non-hydrogen) atoms. The van der Waals surface area contributed by atoms with E-state index in [1.807, 2.05) is 10.9 Å². The Balaban J connectivity index is 1.60. The number of benzene rings is 1. The van der Waals surface area contributed by atoms with Crippen molar-refractivity contribution in [3.63, 3.8) is 0 Å². The molecular weight excluding hydrogens is 285 g/mol. The van der Waals surface area contributed by atoms with E-state index in [2.05, 4.69) is 10.4 Å². The van der Waals surface area contributed by atoms with Crippen LogP contribution in [-0.4, -0.2) is 20.9 Å². The molecule has 0 spiro atoms. The maximum atomic E-state index is 13.3. The van der Waals surface area contributed by atoms with Crippen LogP contribution >= 0.6 is 0 Å². The van der Waals surface area contributed by atoms with Crippen molar-refractivity contribution in [1.82, 2.24) is 9.78 Å². The quantitative estimate of drug-likeness (QED) is 0.860. The predicted molar refractivity (Wildman–Crippen MR) is 80.3 cm³/mol. The molecule has 2 aromatic rings. The number of rotatable bonds is 6. The summed E-state index contributed by atoms with van der Waals surface area (Å²) >= 11 is 0. The Labute approximate surface area is 127 Å². The number of halogens is 1. The molecule has 0 atom stereocenters. The second kappa shape index (κ2) is 6.17. The van der Waals surface area contributed by atoms with Gasteiger partial charge in [0.15, 0.2) is 0 Å². The van der Waals surface area contributed by atoms with E-state index < -0.39 is 11.8 Å². The summed E-state index contributed by atoms with van der Waals surface area (Å²) in [4.78, 5) is 10.9. The van der Waals surface area contributed by atoms with E-state index in [9.17, 15) is 9.18 Å². The van der Waals surface area contributed by atoms with Gasteiger partial charge in [-0.3, -0.25) is 4.68 Å². The van der Waals surface area contributed by atoms with Gasteiger partial charge in [0, 0.05) is 30.5 Å². The Hall–Kier alpha value is -2.37. The lowest BCUT2D eigenvalue weighted by Crippen LogP contribution is -2.18. The number of hydrogen-bond acceptors (Lipinski definition) is 3. The summed E-state index contributed by atoms with van der Waals surface area (Å²) in [6.45, 7) is 1.48. The van der Waals surface area contributed by atoms with Gasteiger partial charge in [0.05, 0.1) is 11.8 Å². The van der Waals surface area contributed by atoms with Crippen LogP contribution in [0.5, 0.6) is 0 Å². The van der Waals surface area contributed by atoms with E-state index in [1.165, 1.54) is 31.4 Å². The van der Waals surface area contributed by atoms with Gasteiger partial charge in [-0.25, -0.2) is 9.18 Å². The Kier molecular flexibility index (Phi) is 4.09. The molecule has 1 aliphatic carbocycles. The highest BCUT2D eigenvalue weighted by molar-refractivity contribution is 5.89. The zero-order valence-electron chi connectivity index (χ0n) is 12.1. The number of anilines is 1. The first-order chi connectivity index (χ1) is 10.6. The molecule has 6 heteroatoms. The summed E-state index contributed by atoms with van der Waals surface area (Å²) in [7, 11) is 0. The second-order valence-electron chi connectivity index (χ2n) is 5.72. The highest BCUT2D eigenvalue weighted by Crippen LogP contribution is 2.27. The van der Waals surface area contributed by atoms with Crippen molar-refractivity contribution >= 4 is 11.7 Å². The number of hydrogen-bond donors (Lipinski definition) is 2. The Morgan fingerprint density at radius 3 is 2.95 bits per heavy atom. The summed E-state index contributed by atoms with van der Waals surface area (Å²) in [5, 5.41) is 16.3. The lowest BCUT2D eigenvalue weighted by molar-refractivity contribution is 0.0692. The summed E-state index contributed by atoms with van der Waals surface area (Å²) in [5.74, 6) is -1.25. The molecule has 1 fully saturated rings. The van der Waals surface area contributed by atoms with Crippen molar-refractivity contribution < 1.29 is 14.3 Å². The number of aromatic carboxylic acids is 1. The Bertz CT molecular complexity index is 680. The SMILES string of the molecule is O=C(O)c1cc(NCc2cnn(CC3CCC3)c2)ccc1F.